The summed E-state index contributed by atoms with van der Waals surface area (Å²) in [6.07, 6.45) is 45.8. The van der Waals surface area contributed by atoms with Gasteiger partial charge in [-0.3, -0.25) is 37.3 Å². The lowest BCUT2D eigenvalue weighted by Crippen LogP contribution is -2.30. The Morgan fingerprint density at radius 1 is 0.314 bits per heavy atom. The Bertz CT molecular complexity index is 1670. The summed E-state index contributed by atoms with van der Waals surface area (Å²) in [6, 6.07) is 0. The number of unbranched alkanes of at least 4 members (excludes halogenated alkanes) is 39. The molecule has 0 amide bonds. The molecule has 0 aliphatic rings. The predicted molar refractivity (Wildman–Crippen MR) is 345 cm³/mol. The van der Waals surface area contributed by atoms with Crippen LogP contribution in [0.25, 0.3) is 0 Å². The van der Waals surface area contributed by atoms with E-state index >= 15 is 0 Å². The third-order valence-electron chi connectivity index (χ3n) is 15.5. The Morgan fingerprint density at radius 2 is 0.535 bits per heavy atom. The minimum absolute atomic E-state index is 0.106. The van der Waals surface area contributed by atoms with E-state index in [4.69, 9.17) is 37.0 Å². The van der Waals surface area contributed by atoms with Crippen LogP contribution in [0, 0.1) is 5.92 Å². The highest BCUT2D eigenvalue weighted by Crippen LogP contribution is 2.45. The molecule has 0 rings (SSSR count). The van der Waals surface area contributed by atoms with Crippen LogP contribution < -0.4 is 0 Å². The van der Waals surface area contributed by atoms with E-state index in [1.54, 1.807) is 0 Å². The van der Waals surface area contributed by atoms with E-state index in [0.717, 1.165) is 102 Å². The zero-order valence-corrected chi connectivity index (χ0v) is 57.2. The summed E-state index contributed by atoms with van der Waals surface area (Å²) in [5.41, 5.74) is 0. The van der Waals surface area contributed by atoms with Crippen LogP contribution in [0.2, 0.25) is 0 Å². The summed E-state index contributed by atoms with van der Waals surface area (Å²) in [5, 5.41) is 10.5. The van der Waals surface area contributed by atoms with Crippen molar-refractivity contribution in [2.24, 2.45) is 5.92 Å². The van der Waals surface area contributed by atoms with Gasteiger partial charge in [0.05, 0.1) is 26.4 Å². The summed E-state index contributed by atoms with van der Waals surface area (Å²) in [6.45, 7) is 7.19. The van der Waals surface area contributed by atoms with Crippen molar-refractivity contribution in [1.82, 2.24) is 0 Å². The molecular formula is C67H130O17P2. The fourth-order valence-electron chi connectivity index (χ4n) is 10.1. The van der Waals surface area contributed by atoms with E-state index in [-0.39, 0.29) is 25.7 Å². The second kappa shape index (κ2) is 60.6. The van der Waals surface area contributed by atoms with Crippen LogP contribution in [0.5, 0.6) is 0 Å². The molecule has 0 aliphatic carbocycles. The second-order valence-corrected chi connectivity index (χ2v) is 27.6. The van der Waals surface area contributed by atoms with E-state index in [2.05, 4.69) is 34.6 Å². The van der Waals surface area contributed by atoms with Gasteiger partial charge in [-0.05, 0) is 31.6 Å². The number of rotatable bonds is 67. The van der Waals surface area contributed by atoms with Crippen molar-refractivity contribution in [3.05, 3.63) is 0 Å². The van der Waals surface area contributed by atoms with Gasteiger partial charge in [-0.25, -0.2) is 9.13 Å². The van der Waals surface area contributed by atoms with Gasteiger partial charge in [-0.1, -0.05) is 291 Å². The molecule has 3 N–H and O–H groups in total. The molecule has 17 nitrogen and oxygen atoms in total. The Morgan fingerprint density at radius 3 is 0.791 bits per heavy atom. The Balaban J connectivity index is 5.21. The quantitative estimate of drug-likeness (QED) is 0.0222. The number of esters is 4. The number of hydrogen-bond donors (Lipinski definition) is 3. The van der Waals surface area contributed by atoms with Crippen LogP contribution in [0.4, 0.5) is 0 Å². The topological polar surface area (TPSA) is 237 Å². The van der Waals surface area contributed by atoms with Crippen molar-refractivity contribution in [3.8, 4) is 0 Å². The average molecular weight is 1270 g/mol. The Kier molecular flexibility index (Phi) is 59.2. The molecule has 5 atom stereocenters. The maximum absolute atomic E-state index is 13.0. The number of aliphatic hydroxyl groups excluding tert-OH is 1. The number of phosphoric ester groups is 2. The predicted octanol–water partition coefficient (Wildman–Crippen LogP) is 19.0. The van der Waals surface area contributed by atoms with Gasteiger partial charge in [0, 0.05) is 25.7 Å². The highest BCUT2D eigenvalue weighted by molar-refractivity contribution is 7.47. The van der Waals surface area contributed by atoms with E-state index in [1.165, 1.54) is 161 Å². The number of phosphoric acid groups is 2. The summed E-state index contributed by atoms with van der Waals surface area (Å²) in [4.78, 5) is 72.3. The fourth-order valence-corrected chi connectivity index (χ4v) is 11.7. The van der Waals surface area contributed by atoms with Crippen LogP contribution in [0.15, 0.2) is 0 Å². The Hall–Kier alpha value is -1.94. The van der Waals surface area contributed by atoms with Gasteiger partial charge >= 0.3 is 39.5 Å². The van der Waals surface area contributed by atoms with Gasteiger partial charge in [0.2, 0.25) is 0 Å². The molecule has 19 heteroatoms. The van der Waals surface area contributed by atoms with Crippen LogP contribution in [-0.2, 0) is 65.4 Å². The standard InChI is InChI=1S/C67H130O17P2/c1-6-9-12-15-18-21-22-23-24-25-28-33-38-43-48-53-67(72)84-63(57-78-65(70)51-46-41-36-32-29-26-27-31-34-39-44-49-60(4)5)59-82-86(75,76)80-55-61(68)54-79-85(73,74)81-58-62(56-77-64(69)50-45-40-35-20-17-14-11-8-3)83-66(71)52-47-42-37-30-19-16-13-10-7-2/h60-63,68H,6-59H2,1-5H3,(H,73,74)(H,75,76)/t61-,62+,63+/m0/s1. The van der Waals surface area contributed by atoms with E-state index in [1.807, 2.05) is 0 Å². The molecular weight excluding hydrogens is 1140 g/mol. The van der Waals surface area contributed by atoms with E-state index < -0.39 is 97.5 Å². The summed E-state index contributed by atoms with van der Waals surface area (Å²) in [5.74, 6) is -1.36. The zero-order chi connectivity index (χ0) is 63.5. The van der Waals surface area contributed by atoms with Gasteiger partial charge < -0.3 is 33.8 Å². The molecule has 0 bridgehead atoms. The third kappa shape index (κ3) is 60.9. The average Bonchev–Trinajstić information content (AvgIpc) is 3.62. The first-order chi connectivity index (χ1) is 41.5. The summed E-state index contributed by atoms with van der Waals surface area (Å²) >= 11 is 0. The van der Waals surface area contributed by atoms with E-state index in [0.29, 0.717) is 25.7 Å². The highest BCUT2D eigenvalue weighted by Gasteiger charge is 2.30. The maximum atomic E-state index is 13.0. The third-order valence-corrected chi connectivity index (χ3v) is 17.4. The first-order valence-electron chi connectivity index (χ1n) is 35.1. The first kappa shape index (κ1) is 84.1. The molecule has 0 radical (unpaired) electrons. The second-order valence-electron chi connectivity index (χ2n) is 24.7. The summed E-state index contributed by atoms with van der Waals surface area (Å²) in [7, 11) is -9.89. The monoisotopic (exact) mass is 1270 g/mol. The van der Waals surface area contributed by atoms with Crippen LogP contribution in [0.3, 0.4) is 0 Å². The van der Waals surface area contributed by atoms with Crippen LogP contribution in [-0.4, -0.2) is 96.7 Å². The van der Waals surface area contributed by atoms with Gasteiger partial charge in [-0.2, -0.15) is 0 Å². The number of aliphatic hydroxyl groups is 1. The number of carbonyl (C=O) groups is 4. The number of carbonyl (C=O) groups excluding carboxylic acids is 4. The van der Waals surface area contributed by atoms with Crippen molar-refractivity contribution in [2.75, 3.05) is 39.6 Å². The summed E-state index contributed by atoms with van der Waals surface area (Å²) < 4.78 is 68.1. The molecule has 0 saturated heterocycles. The lowest BCUT2D eigenvalue weighted by atomic mass is 10.0. The van der Waals surface area contributed by atoms with Crippen molar-refractivity contribution in [1.29, 1.82) is 0 Å². The largest absolute Gasteiger partial charge is 0.472 e. The van der Waals surface area contributed by atoms with Crippen LogP contribution in [0.1, 0.15) is 343 Å². The molecule has 0 heterocycles. The van der Waals surface area contributed by atoms with Crippen molar-refractivity contribution in [3.63, 3.8) is 0 Å². The Labute approximate surface area is 524 Å². The van der Waals surface area contributed by atoms with Crippen LogP contribution >= 0.6 is 15.6 Å². The van der Waals surface area contributed by atoms with Gasteiger partial charge in [-0.15, -0.1) is 0 Å². The minimum Gasteiger partial charge on any atom is -0.462 e. The number of ether oxygens (including phenoxy) is 4. The molecule has 0 aromatic rings. The lowest BCUT2D eigenvalue weighted by molar-refractivity contribution is -0.161. The van der Waals surface area contributed by atoms with Crippen molar-refractivity contribution >= 4 is 39.5 Å². The molecule has 0 fully saturated rings. The smallest absolute Gasteiger partial charge is 0.462 e. The van der Waals surface area contributed by atoms with E-state index in [9.17, 15) is 43.2 Å². The first-order valence-corrected chi connectivity index (χ1v) is 38.1. The van der Waals surface area contributed by atoms with Crippen molar-refractivity contribution < 1.29 is 80.2 Å². The zero-order valence-electron chi connectivity index (χ0n) is 55.4. The fraction of sp³-hybridized carbons (Fsp3) is 0.940. The molecule has 86 heavy (non-hydrogen) atoms. The maximum Gasteiger partial charge on any atom is 0.472 e. The normalized spacial score (nSPS) is 14.2. The molecule has 0 spiro atoms. The van der Waals surface area contributed by atoms with Gasteiger partial charge in [0.15, 0.2) is 12.2 Å². The molecule has 0 aromatic heterocycles. The molecule has 0 aliphatic heterocycles. The molecule has 2 unspecified atom stereocenters. The van der Waals surface area contributed by atoms with Gasteiger partial charge in [0.1, 0.15) is 19.3 Å². The molecule has 0 aromatic carbocycles. The minimum atomic E-state index is -4.95. The molecule has 510 valence electrons. The van der Waals surface area contributed by atoms with Gasteiger partial charge in [0.25, 0.3) is 0 Å². The lowest BCUT2D eigenvalue weighted by Gasteiger charge is -2.21. The highest BCUT2D eigenvalue weighted by atomic mass is 31.2. The SMILES string of the molecule is CCCCCCCCCCCCCCCCCC(=O)O[C@H](COC(=O)CCCCCCCCCCCCCC(C)C)COP(=O)(O)OC[C@@H](O)COP(=O)(O)OC[C@@H](COC(=O)CCCCCCCCCC)OC(=O)CCCCCCCCCCC. The molecule has 0 saturated carbocycles. The van der Waals surface area contributed by atoms with Crippen molar-refractivity contribution in [2.45, 2.75) is 361 Å². The number of hydrogen-bond acceptors (Lipinski definition) is 15.